The third-order valence-corrected chi connectivity index (χ3v) is 4.00. The van der Waals surface area contributed by atoms with Crippen LogP contribution >= 0.6 is 15.9 Å². The molecule has 1 amide bonds. The van der Waals surface area contributed by atoms with Crippen LogP contribution in [0, 0.1) is 0 Å². The van der Waals surface area contributed by atoms with E-state index in [-0.39, 0.29) is 6.09 Å². The standard InChI is InChI=1S/C15H23BrN4O2/c1-15(2,3)22-14(21)20-7-5-12(6-8-20)19(4)13-17-9-11(16)10-18-13/h9-10,12H,5-8H2,1-4H3. The Morgan fingerprint density at radius 2 is 1.86 bits per heavy atom. The average Bonchev–Trinajstić information content (AvgIpc) is 2.46. The van der Waals surface area contributed by atoms with Crippen LogP contribution in [0.3, 0.4) is 0 Å². The molecule has 0 atom stereocenters. The van der Waals surface area contributed by atoms with Gasteiger partial charge in [0.25, 0.3) is 0 Å². The molecule has 0 radical (unpaired) electrons. The Hall–Kier alpha value is -1.37. The third kappa shape index (κ3) is 4.56. The number of piperidine rings is 1. The molecule has 22 heavy (non-hydrogen) atoms. The maximum atomic E-state index is 12.1. The molecular formula is C15H23BrN4O2. The number of carbonyl (C=O) groups is 1. The van der Waals surface area contributed by atoms with E-state index in [4.69, 9.17) is 4.74 Å². The molecule has 2 heterocycles. The number of aromatic nitrogens is 2. The van der Waals surface area contributed by atoms with Gasteiger partial charge in [-0.25, -0.2) is 14.8 Å². The van der Waals surface area contributed by atoms with Gasteiger partial charge in [0, 0.05) is 38.6 Å². The SMILES string of the molecule is CN(c1ncc(Br)cn1)C1CCN(C(=O)OC(C)(C)C)CC1. The van der Waals surface area contributed by atoms with Crippen LogP contribution in [0.1, 0.15) is 33.6 Å². The fraction of sp³-hybridized carbons (Fsp3) is 0.667. The number of nitrogens with zero attached hydrogens (tertiary/aromatic N) is 4. The van der Waals surface area contributed by atoms with E-state index in [0.717, 1.165) is 17.3 Å². The lowest BCUT2D eigenvalue weighted by Gasteiger charge is -2.37. The van der Waals surface area contributed by atoms with Crippen molar-refractivity contribution in [1.82, 2.24) is 14.9 Å². The van der Waals surface area contributed by atoms with Crippen LogP contribution in [0.4, 0.5) is 10.7 Å². The van der Waals surface area contributed by atoms with E-state index in [1.54, 1.807) is 17.3 Å². The Bertz CT molecular complexity index is 507. The van der Waals surface area contributed by atoms with Gasteiger partial charge in [0.1, 0.15) is 5.60 Å². The van der Waals surface area contributed by atoms with Crippen LogP contribution in [-0.4, -0.2) is 52.7 Å². The van der Waals surface area contributed by atoms with Gasteiger partial charge in [-0.2, -0.15) is 0 Å². The number of amides is 1. The lowest BCUT2D eigenvalue weighted by atomic mass is 10.0. The maximum absolute atomic E-state index is 12.1. The molecule has 1 aliphatic rings. The van der Waals surface area contributed by atoms with E-state index in [1.807, 2.05) is 27.8 Å². The summed E-state index contributed by atoms with van der Waals surface area (Å²) < 4.78 is 6.28. The van der Waals surface area contributed by atoms with Crippen molar-refractivity contribution in [3.8, 4) is 0 Å². The quantitative estimate of drug-likeness (QED) is 0.800. The van der Waals surface area contributed by atoms with Crippen LogP contribution in [0.15, 0.2) is 16.9 Å². The smallest absolute Gasteiger partial charge is 0.410 e. The summed E-state index contributed by atoms with van der Waals surface area (Å²) in [5.41, 5.74) is -0.448. The fourth-order valence-electron chi connectivity index (χ4n) is 2.41. The molecule has 0 unspecified atom stereocenters. The lowest BCUT2D eigenvalue weighted by molar-refractivity contribution is 0.0205. The van der Waals surface area contributed by atoms with Gasteiger partial charge in [-0.1, -0.05) is 0 Å². The normalized spacial score (nSPS) is 16.5. The molecule has 0 aromatic carbocycles. The molecule has 1 fully saturated rings. The highest BCUT2D eigenvalue weighted by atomic mass is 79.9. The highest BCUT2D eigenvalue weighted by Crippen LogP contribution is 2.21. The molecule has 7 heteroatoms. The van der Waals surface area contributed by atoms with E-state index in [1.165, 1.54) is 0 Å². The largest absolute Gasteiger partial charge is 0.444 e. The summed E-state index contributed by atoms with van der Waals surface area (Å²) in [6.45, 7) is 7.05. The highest BCUT2D eigenvalue weighted by molar-refractivity contribution is 9.10. The second-order valence-electron chi connectivity index (χ2n) is 6.51. The summed E-state index contributed by atoms with van der Waals surface area (Å²) in [5.74, 6) is 0.707. The number of anilines is 1. The van der Waals surface area contributed by atoms with Gasteiger partial charge in [0.15, 0.2) is 0 Å². The minimum absolute atomic E-state index is 0.228. The second kappa shape index (κ2) is 6.81. The van der Waals surface area contributed by atoms with E-state index in [2.05, 4.69) is 30.8 Å². The number of hydrogen-bond donors (Lipinski definition) is 0. The molecular weight excluding hydrogens is 348 g/mol. The number of rotatable bonds is 2. The molecule has 1 aliphatic heterocycles. The van der Waals surface area contributed by atoms with Crippen molar-refractivity contribution in [3.63, 3.8) is 0 Å². The predicted octanol–water partition coefficient (Wildman–Crippen LogP) is 3.07. The maximum Gasteiger partial charge on any atom is 0.410 e. The van der Waals surface area contributed by atoms with Crippen LogP contribution < -0.4 is 4.90 Å². The Balaban J connectivity index is 1.89. The molecule has 2 rings (SSSR count). The molecule has 0 N–H and O–H groups in total. The van der Waals surface area contributed by atoms with E-state index < -0.39 is 5.60 Å². The average molecular weight is 371 g/mol. The Morgan fingerprint density at radius 3 is 2.36 bits per heavy atom. The van der Waals surface area contributed by atoms with Crippen molar-refractivity contribution in [3.05, 3.63) is 16.9 Å². The third-order valence-electron chi connectivity index (χ3n) is 3.59. The van der Waals surface area contributed by atoms with Crippen molar-refractivity contribution in [1.29, 1.82) is 0 Å². The molecule has 0 bridgehead atoms. The van der Waals surface area contributed by atoms with E-state index in [0.29, 0.717) is 25.1 Å². The van der Waals surface area contributed by atoms with E-state index >= 15 is 0 Å². The molecule has 0 aliphatic carbocycles. The summed E-state index contributed by atoms with van der Waals surface area (Å²) in [5, 5.41) is 0. The van der Waals surface area contributed by atoms with Crippen LogP contribution in [0.25, 0.3) is 0 Å². The summed E-state index contributed by atoms with van der Waals surface area (Å²) in [7, 11) is 2.00. The zero-order chi connectivity index (χ0) is 16.3. The fourth-order valence-corrected chi connectivity index (χ4v) is 2.62. The minimum atomic E-state index is -0.448. The summed E-state index contributed by atoms with van der Waals surface area (Å²) >= 11 is 3.34. The van der Waals surface area contributed by atoms with Gasteiger partial charge >= 0.3 is 6.09 Å². The van der Waals surface area contributed by atoms with Crippen molar-refractivity contribution in [2.24, 2.45) is 0 Å². The van der Waals surface area contributed by atoms with Crippen LogP contribution in [0.2, 0.25) is 0 Å². The molecule has 1 aromatic heterocycles. The van der Waals surface area contributed by atoms with Crippen molar-refractivity contribution >= 4 is 28.0 Å². The van der Waals surface area contributed by atoms with E-state index in [9.17, 15) is 4.79 Å². The number of likely N-dealkylation sites (tertiary alicyclic amines) is 1. The monoisotopic (exact) mass is 370 g/mol. The number of halogens is 1. The van der Waals surface area contributed by atoms with Gasteiger partial charge in [-0.3, -0.25) is 0 Å². The first kappa shape index (κ1) is 17.0. The summed E-state index contributed by atoms with van der Waals surface area (Å²) in [6.07, 6.45) is 5.03. The number of hydrogen-bond acceptors (Lipinski definition) is 5. The number of carbonyl (C=O) groups excluding carboxylic acids is 1. The van der Waals surface area contributed by atoms with Crippen molar-refractivity contribution in [2.75, 3.05) is 25.0 Å². The van der Waals surface area contributed by atoms with Crippen LogP contribution in [0.5, 0.6) is 0 Å². The van der Waals surface area contributed by atoms with Gasteiger partial charge in [0.05, 0.1) is 4.47 Å². The van der Waals surface area contributed by atoms with Crippen molar-refractivity contribution < 1.29 is 9.53 Å². The lowest BCUT2D eigenvalue weighted by Crippen LogP contribution is -2.47. The Labute approximate surface area is 140 Å². The van der Waals surface area contributed by atoms with Gasteiger partial charge < -0.3 is 14.5 Å². The number of ether oxygens (including phenoxy) is 1. The predicted molar refractivity (Wildman–Crippen MR) is 89.0 cm³/mol. The molecule has 122 valence electrons. The molecule has 0 spiro atoms. The topological polar surface area (TPSA) is 58.6 Å². The second-order valence-corrected chi connectivity index (χ2v) is 7.43. The Kier molecular flexibility index (Phi) is 5.26. The zero-order valence-electron chi connectivity index (χ0n) is 13.5. The summed E-state index contributed by atoms with van der Waals surface area (Å²) in [6, 6.07) is 0.333. The first-order chi connectivity index (χ1) is 10.3. The molecule has 0 saturated carbocycles. The van der Waals surface area contributed by atoms with Gasteiger partial charge in [0.2, 0.25) is 5.95 Å². The first-order valence-corrected chi connectivity index (χ1v) is 8.24. The molecule has 1 saturated heterocycles. The first-order valence-electron chi connectivity index (χ1n) is 7.44. The molecule has 6 nitrogen and oxygen atoms in total. The van der Waals surface area contributed by atoms with Gasteiger partial charge in [-0.15, -0.1) is 0 Å². The van der Waals surface area contributed by atoms with Crippen molar-refractivity contribution in [2.45, 2.75) is 45.3 Å². The minimum Gasteiger partial charge on any atom is -0.444 e. The molecule has 1 aromatic rings. The Morgan fingerprint density at radius 1 is 1.32 bits per heavy atom. The summed E-state index contributed by atoms with van der Waals surface area (Å²) in [4.78, 5) is 24.6. The van der Waals surface area contributed by atoms with Gasteiger partial charge in [-0.05, 0) is 49.5 Å². The highest BCUT2D eigenvalue weighted by Gasteiger charge is 2.29. The van der Waals surface area contributed by atoms with Crippen LogP contribution in [-0.2, 0) is 4.74 Å². The zero-order valence-corrected chi connectivity index (χ0v) is 15.1.